The molecule has 144 valence electrons. The van der Waals surface area contributed by atoms with E-state index in [0.29, 0.717) is 25.8 Å². The summed E-state index contributed by atoms with van der Waals surface area (Å²) < 4.78 is 3.25. The molecule has 1 fully saturated rings. The van der Waals surface area contributed by atoms with E-state index in [1.54, 1.807) is 6.92 Å². The minimum absolute atomic E-state index is 0.188. The van der Waals surface area contributed by atoms with Gasteiger partial charge < -0.3 is 10.1 Å². The van der Waals surface area contributed by atoms with Crippen molar-refractivity contribution in [1.82, 2.24) is 15.8 Å². The van der Waals surface area contributed by atoms with Gasteiger partial charge in [0.25, 0.3) is 5.91 Å². The lowest BCUT2D eigenvalue weighted by Gasteiger charge is -2.34. The van der Waals surface area contributed by atoms with Crippen LogP contribution in [0, 0.1) is 5.92 Å². The van der Waals surface area contributed by atoms with Crippen molar-refractivity contribution >= 4 is 52.6 Å². The first-order chi connectivity index (χ1) is 11.5. The average molecular weight is 417 g/mol. The largest absolute Gasteiger partial charge is 0.460 e. The third-order valence-electron chi connectivity index (χ3n) is 3.46. The van der Waals surface area contributed by atoms with Gasteiger partial charge in [0.1, 0.15) is 18.7 Å². The van der Waals surface area contributed by atoms with Crippen LogP contribution in [0.25, 0.3) is 0 Å². The van der Waals surface area contributed by atoms with Crippen molar-refractivity contribution in [3.63, 3.8) is 0 Å². The van der Waals surface area contributed by atoms with Crippen LogP contribution < -0.4 is 10.7 Å². The van der Waals surface area contributed by atoms with Crippen molar-refractivity contribution in [2.24, 2.45) is 5.92 Å². The summed E-state index contributed by atoms with van der Waals surface area (Å²) in [6.45, 7) is 5.51. The Morgan fingerprint density at radius 2 is 1.92 bits per heavy atom. The van der Waals surface area contributed by atoms with E-state index < -0.39 is 21.8 Å². The predicted molar refractivity (Wildman–Crippen MR) is 96.2 cm³/mol. The number of nitrogens with zero attached hydrogens (tertiary/aromatic N) is 1. The molecule has 2 amide bonds. The lowest BCUT2D eigenvalue weighted by atomic mass is 10.1. The molecule has 1 heterocycles. The molecule has 1 aliphatic rings. The second-order valence-electron chi connectivity index (χ2n) is 6.42. The minimum Gasteiger partial charge on any atom is -0.460 e. The molecule has 25 heavy (non-hydrogen) atoms. The highest BCUT2D eigenvalue weighted by Crippen LogP contribution is 2.26. The molecule has 1 rings (SSSR count). The quantitative estimate of drug-likeness (QED) is 0.510. The summed E-state index contributed by atoms with van der Waals surface area (Å²) in [5.74, 6) is -0.907. The summed E-state index contributed by atoms with van der Waals surface area (Å²) in [5, 5.41) is 3.98. The first-order valence-electron chi connectivity index (χ1n) is 8.10. The Hall–Kier alpha value is -0.760. The molecular weight excluding hydrogens is 393 g/mol. The smallest absolute Gasteiger partial charge is 0.325 e. The monoisotopic (exact) mass is 415 g/mol. The van der Waals surface area contributed by atoms with Crippen LogP contribution in [0.1, 0.15) is 40.0 Å². The van der Waals surface area contributed by atoms with Crippen molar-refractivity contribution < 1.29 is 19.1 Å². The highest BCUT2D eigenvalue weighted by atomic mass is 35.6. The van der Waals surface area contributed by atoms with Gasteiger partial charge in [-0.1, -0.05) is 48.7 Å². The number of halogens is 3. The zero-order valence-corrected chi connectivity index (χ0v) is 16.7. The topological polar surface area (TPSA) is 87.7 Å². The molecule has 0 aromatic carbocycles. The summed E-state index contributed by atoms with van der Waals surface area (Å²) in [6.07, 6.45) is 1.45. The van der Waals surface area contributed by atoms with Crippen LogP contribution in [0.15, 0.2) is 0 Å². The number of amides is 2. The van der Waals surface area contributed by atoms with E-state index in [1.165, 1.54) is 5.01 Å². The summed E-state index contributed by atoms with van der Waals surface area (Å²) in [7, 11) is 0. The maximum Gasteiger partial charge on any atom is 0.325 e. The number of hydrogen-bond donors (Lipinski definition) is 2. The van der Waals surface area contributed by atoms with Gasteiger partial charge in [-0.15, -0.1) is 0 Å². The van der Waals surface area contributed by atoms with Gasteiger partial charge in [0.15, 0.2) is 0 Å². The van der Waals surface area contributed by atoms with E-state index in [9.17, 15) is 14.4 Å². The maximum atomic E-state index is 12.4. The molecule has 2 N–H and O–H groups in total. The molecule has 1 saturated heterocycles. The van der Waals surface area contributed by atoms with Crippen molar-refractivity contribution in [2.75, 3.05) is 13.2 Å². The summed E-state index contributed by atoms with van der Waals surface area (Å²) in [6, 6.07) is -1.40. The summed E-state index contributed by atoms with van der Waals surface area (Å²) in [5.41, 5.74) is 2.81. The first kappa shape index (κ1) is 22.3. The van der Waals surface area contributed by atoms with Gasteiger partial charge in [-0.3, -0.25) is 19.4 Å². The van der Waals surface area contributed by atoms with Crippen molar-refractivity contribution in [3.05, 3.63) is 0 Å². The van der Waals surface area contributed by atoms with Gasteiger partial charge in [0, 0.05) is 13.0 Å². The zero-order chi connectivity index (χ0) is 19.2. The number of esters is 1. The number of alkyl halides is 3. The maximum absolute atomic E-state index is 12.4. The van der Waals surface area contributed by atoms with E-state index in [0.717, 1.165) is 0 Å². The molecular formula is C15H24Cl3N3O4. The molecule has 0 radical (unpaired) electrons. The Bertz CT molecular complexity index is 497. The third kappa shape index (κ3) is 8.44. The van der Waals surface area contributed by atoms with Crippen LogP contribution >= 0.6 is 34.8 Å². The standard InChI is InChI=1S/C15H24Cl3N3O4/c1-9(2)7-12(22)19-10(3)13(23)21-6-4-5-11(20-21)14(24)25-8-15(16,17)18/h9-11,20H,4-8H2,1-3H3,(H,19,22). The zero-order valence-electron chi connectivity index (χ0n) is 14.5. The molecule has 0 bridgehead atoms. The lowest BCUT2D eigenvalue weighted by molar-refractivity contribution is -0.152. The second kappa shape index (κ2) is 9.80. The lowest BCUT2D eigenvalue weighted by Crippen LogP contribution is -2.59. The van der Waals surface area contributed by atoms with E-state index in [2.05, 4.69) is 10.7 Å². The molecule has 2 unspecified atom stereocenters. The van der Waals surface area contributed by atoms with Gasteiger partial charge in [-0.2, -0.15) is 0 Å². The fraction of sp³-hybridized carbons (Fsp3) is 0.800. The second-order valence-corrected chi connectivity index (χ2v) is 8.94. The van der Waals surface area contributed by atoms with Crippen LogP contribution in [0.3, 0.4) is 0 Å². The first-order valence-corrected chi connectivity index (χ1v) is 9.23. The number of hydrazine groups is 1. The molecule has 1 aliphatic heterocycles. The molecule has 2 atom stereocenters. The van der Waals surface area contributed by atoms with Gasteiger partial charge in [0.05, 0.1) is 0 Å². The number of hydrogen-bond acceptors (Lipinski definition) is 5. The predicted octanol–water partition coefficient (Wildman–Crippen LogP) is 1.95. The van der Waals surface area contributed by atoms with Gasteiger partial charge >= 0.3 is 5.97 Å². The van der Waals surface area contributed by atoms with E-state index in [-0.39, 0.29) is 24.3 Å². The average Bonchev–Trinajstić information content (AvgIpc) is 2.50. The van der Waals surface area contributed by atoms with Gasteiger partial charge in [-0.25, -0.2) is 5.43 Å². The number of carbonyl (C=O) groups is 3. The third-order valence-corrected chi connectivity index (χ3v) is 3.78. The molecule has 0 aliphatic carbocycles. The Kier molecular flexibility index (Phi) is 8.74. The van der Waals surface area contributed by atoms with Crippen LogP contribution in [0.4, 0.5) is 0 Å². The van der Waals surface area contributed by atoms with Crippen LogP contribution in [0.5, 0.6) is 0 Å². The SMILES string of the molecule is CC(C)CC(=O)NC(C)C(=O)N1CCCC(C(=O)OCC(Cl)(Cl)Cl)N1. The highest BCUT2D eigenvalue weighted by Gasteiger charge is 2.32. The summed E-state index contributed by atoms with van der Waals surface area (Å²) in [4.78, 5) is 36.2. The fourth-order valence-corrected chi connectivity index (χ4v) is 2.50. The molecule has 0 saturated carbocycles. The number of ether oxygens (including phenoxy) is 1. The molecule has 0 aromatic heterocycles. The molecule has 7 nitrogen and oxygen atoms in total. The Labute approximate surface area is 162 Å². The van der Waals surface area contributed by atoms with Crippen molar-refractivity contribution in [3.8, 4) is 0 Å². The van der Waals surface area contributed by atoms with Crippen molar-refractivity contribution in [2.45, 2.75) is 55.9 Å². The number of carbonyl (C=O) groups excluding carboxylic acids is 3. The number of rotatable bonds is 6. The van der Waals surface area contributed by atoms with Crippen LogP contribution in [-0.2, 0) is 19.1 Å². The fourth-order valence-electron chi connectivity index (χ4n) is 2.34. The van der Waals surface area contributed by atoms with E-state index in [4.69, 9.17) is 39.5 Å². The minimum atomic E-state index is -1.69. The summed E-state index contributed by atoms with van der Waals surface area (Å²) >= 11 is 16.6. The van der Waals surface area contributed by atoms with Gasteiger partial charge in [-0.05, 0) is 25.7 Å². The van der Waals surface area contributed by atoms with Crippen LogP contribution in [-0.4, -0.2) is 51.8 Å². The highest BCUT2D eigenvalue weighted by molar-refractivity contribution is 6.67. The van der Waals surface area contributed by atoms with E-state index in [1.807, 2.05) is 13.8 Å². The molecule has 0 aromatic rings. The van der Waals surface area contributed by atoms with Gasteiger partial charge in [0.2, 0.25) is 9.70 Å². The Morgan fingerprint density at radius 3 is 2.48 bits per heavy atom. The normalized spacial score (nSPS) is 19.5. The molecule has 10 heteroatoms. The molecule has 0 spiro atoms. The Balaban J connectivity index is 2.54. The Morgan fingerprint density at radius 1 is 1.28 bits per heavy atom. The number of nitrogens with one attached hydrogen (secondary N) is 2. The van der Waals surface area contributed by atoms with Crippen molar-refractivity contribution in [1.29, 1.82) is 0 Å². The van der Waals surface area contributed by atoms with Crippen LogP contribution in [0.2, 0.25) is 0 Å². The van der Waals surface area contributed by atoms with E-state index >= 15 is 0 Å².